The number of carbonyl (C=O) groups excluding carboxylic acids is 1. The number of esters is 1. The molecular weight excluding hydrogens is 404 g/mol. The van der Waals surface area contributed by atoms with Crippen molar-refractivity contribution in [1.82, 2.24) is 0 Å². The molecule has 1 aromatic rings. The van der Waals surface area contributed by atoms with E-state index >= 15 is 0 Å². The Morgan fingerprint density at radius 3 is 2.55 bits per heavy atom. The van der Waals surface area contributed by atoms with Crippen LogP contribution in [-0.2, 0) is 25.6 Å². The monoisotopic (exact) mass is 444 g/mol. The fraction of sp³-hybridized carbons (Fsp3) is 0.577. The van der Waals surface area contributed by atoms with Gasteiger partial charge in [-0.1, -0.05) is 67.2 Å². The summed E-state index contributed by atoms with van der Waals surface area (Å²) in [7, 11) is 0.167. The first kappa shape index (κ1) is 25.6. The van der Waals surface area contributed by atoms with Crippen molar-refractivity contribution in [2.24, 2.45) is 0 Å². The van der Waals surface area contributed by atoms with Crippen molar-refractivity contribution in [3.63, 3.8) is 0 Å². The highest BCUT2D eigenvalue weighted by molar-refractivity contribution is 6.76. The third-order valence-electron chi connectivity index (χ3n) is 5.58. The molecule has 0 aliphatic carbocycles. The van der Waals surface area contributed by atoms with Gasteiger partial charge in [-0.05, 0) is 51.1 Å². The van der Waals surface area contributed by atoms with Gasteiger partial charge in [0.2, 0.25) is 0 Å². The molecule has 5 heteroatoms. The van der Waals surface area contributed by atoms with Crippen molar-refractivity contribution in [3.8, 4) is 0 Å². The van der Waals surface area contributed by atoms with Crippen LogP contribution in [0.3, 0.4) is 0 Å². The number of benzene rings is 1. The number of hydrogen-bond donors (Lipinski definition) is 0. The van der Waals surface area contributed by atoms with Crippen molar-refractivity contribution in [2.45, 2.75) is 83.5 Å². The molecule has 0 aromatic heterocycles. The molecule has 0 N–H and O–H groups in total. The second-order valence-electron chi connectivity index (χ2n) is 10.1. The maximum atomic E-state index is 11.7. The lowest BCUT2D eigenvalue weighted by Crippen LogP contribution is -2.20. The van der Waals surface area contributed by atoms with Crippen molar-refractivity contribution in [1.29, 1.82) is 0 Å². The molecule has 0 radical (unpaired) electrons. The molecular formula is C26H40O4Si. The van der Waals surface area contributed by atoms with E-state index in [4.69, 9.17) is 14.2 Å². The van der Waals surface area contributed by atoms with Crippen LogP contribution in [0.25, 0.3) is 0 Å². The molecule has 1 fully saturated rings. The number of rotatable bonds is 13. The average Bonchev–Trinajstić information content (AvgIpc) is 3.35. The highest BCUT2D eigenvalue weighted by Crippen LogP contribution is 2.40. The lowest BCUT2D eigenvalue weighted by molar-refractivity contribution is -0.134. The molecule has 1 heterocycles. The number of methoxy groups -OCH3 is 1. The Bertz CT molecular complexity index is 763. The van der Waals surface area contributed by atoms with Crippen molar-refractivity contribution in [2.75, 3.05) is 13.7 Å². The van der Waals surface area contributed by atoms with Gasteiger partial charge in [-0.2, -0.15) is 0 Å². The number of ether oxygens (including phenoxy) is 3. The van der Waals surface area contributed by atoms with E-state index in [9.17, 15) is 4.79 Å². The molecule has 2 rings (SSSR count). The largest absolute Gasteiger partial charge is 0.466 e. The molecule has 4 nitrogen and oxygen atoms in total. The minimum atomic E-state index is -1.27. The highest BCUT2D eigenvalue weighted by atomic mass is 28.3. The minimum absolute atomic E-state index is 0.150. The summed E-state index contributed by atoms with van der Waals surface area (Å²) in [6, 6.07) is 11.3. The Kier molecular flexibility index (Phi) is 9.73. The van der Waals surface area contributed by atoms with Crippen LogP contribution in [0, 0.1) is 0 Å². The Balaban J connectivity index is 1.71. The zero-order valence-corrected chi connectivity index (χ0v) is 21.2. The third-order valence-corrected chi connectivity index (χ3v) is 7.09. The first-order valence-electron chi connectivity index (χ1n) is 11.3. The molecule has 1 saturated heterocycles. The van der Waals surface area contributed by atoms with E-state index in [-0.39, 0.29) is 17.7 Å². The van der Waals surface area contributed by atoms with Gasteiger partial charge in [0.1, 0.15) is 5.60 Å². The van der Waals surface area contributed by atoms with Gasteiger partial charge >= 0.3 is 5.97 Å². The SMILES string of the molecule is COC(=O)/C=C(/CC/C=C(\C)CC[C@@H]1O[C@@]1(C)COCc1ccccc1)C[Si](C)(C)C. The number of epoxide rings is 1. The van der Waals surface area contributed by atoms with Gasteiger partial charge in [0.15, 0.2) is 0 Å². The van der Waals surface area contributed by atoms with Gasteiger partial charge in [0, 0.05) is 14.1 Å². The number of hydrogen-bond acceptors (Lipinski definition) is 4. The van der Waals surface area contributed by atoms with Crippen LogP contribution in [0.4, 0.5) is 0 Å². The van der Waals surface area contributed by atoms with Gasteiger partial charge in [0.25, 0.3) is 0 Å². The average molecular weight is 445 g/mol. The summed E-state index contributed by atoms with van der Waals surface area (Å²) in [5.41, 5.74) is 3.64. The maximum absolute atomic E-state index is 11.7. The molecule has 0 spiro atoms. The van der Waals surface area contributed by atoms with Crippen molar-refractivity contribution >= 4 is 14.0 Å². The molecule has 2 atom stereocenters. The van der Waals surface area contributed by atoms with Gasteiger partial charge < -0.3 is 14.2 Å². The van der Waals surface area contributed by atoms with Crippen molar-refractivity contribution < 1.29 is 19.0 Å². The molecule has 0 bridgehead atoms. The molecule has 1 aliphatic rings. The first-order chi connectivity index (χ1) is 14.6. The van der Waals surface area contributed by atoms with E-state index < -0.39 is 8.07 Å². The second-order valence-corrected chi connectivity index (χ2v) is 15.6. The maximum Gasteiger partial charge on any atom is 0.330 e. The zero-order chi connectivity index (χ0) is 22.9. The van der Waals surface area contributed by atoms with E-state index in [1.54, 1.807) is 6.08 Å². The summed E-state index contributed by atoms with van der Waals surface area (Å²) >= 11 is 0. The Morgan fingerprint density at radius 1 is 1.19 bits per heavy atom. The number of allylic oxidation sites excluding steroid dienone is 3. The van der Waals surface area contributed by atoms with Crippen LogP contribution in [0.2, 0.25) is 25.7 Å². The van der Waals surface area contributed by atoms with Crippen molar-refractivity contribution in [3.05, 3.63) is 59.2 Å². The molecule has 31 heavy (non-hydrogen) atoms. The summed E-state index contributed by atoms with van der Waals surface area (Å²) in [4.78, 5) is 11.7. The quantitative estimate of drug-likeness (QED) is 0.118. The Labute approximate surface area is 189 Å². The molecule has 0 saturated carbocycles. The van der Waals surface area contributed by atoms with Gasteiger partial charge in [0.05, 0.1) is 26.4 Å². The molecule has 0 amide bonds. The molecule has 172 valence electrons. The second kappa shape index (κ2) is 11.8. The molecule has 1 aliphatic heterocycles. The van der Waals surface area contributed by atoms with Crippen LogP contribution in [0.15, 0.2) is 53.6 Å². The summed E-state index contributed by atoms with van der Waals surface area (Å²) in [5.74, 6) is -0.242. The van der Waals surface area contributed by atoms with E-state index in [1.165, 1.54) is 23.8 Å². The molecule has 1 aromatic carbocycles. The Morgan fingerprint density at radius 2 is 1.90 bits per heavy atom. The zero-order valence-electron chi connectivity index (χ0n) is 20.2. The summed E-state index contributed by atoms with van der Waals surface area (Å²) < 4.78 is 16.6. The van der Waals surface area contributed by atoms with Crippen LogP contribution < -0.4 is 0 Å². The predicted molar refractivity (Wildman–Crippen MR) is 130 cm³/mol. The van der Waals surface area contributed by atoms with Crippen LogP contribution >= 0.6 is 0 Å². The predicted octanol–water partition coefficient (Wildman–Crippen LogP) is 6.31. The smallest absolute Gasteiger partial charge is 0.330 e. The standard InChI is InChI=1S/C26H40O4Si/c1-21(11-10-14-23(17-25(27)28-3)19-31(4,5)6)15-16-24-26(2,30-24)20-29-18-22-12-8-7-9-13-22/h7-9,11-13,17,24H,10,14-16,18-20H2,1-6H3/b21-11+,23-17-/t24-,26-/m0/s1. The number of carbonyl (C=O) groups is 1. The summed E-state index contributed by atoms with van der Waals surface area (Å²) in [6.45, 7) is 12.6. The summed E-state index contributed by atoms with van der Waals surface area (Å²) in [5, 5.41) is 0. The van der Waals surface area contributed by atoms with E-state index in [2.05, 4.69) is 51.7 Å². The normalized spacial score (nSPS) is 21.8. The fourth-order valence-corrected chi connectivity index (χ4v) is 5.45. The highest BCUT2D eigenvalue weighted by Gasteiger charge is 2.51. The Hall–Kier alpha value is -1.69. The van der Waals surface area contributed by atoms with Gasteiger partial charge in [-0.25, -0.2) is 4.79 Å². The topological polar surface area (TPSA) is 48.1 Å². The van der Waals surface area contributed by atoms with Gasteiger partial charge in [-0.3, -0.25) is 0 Å². The van der Waals surface area contributed by atoms with E-state index in [1.807, 2.05) is 18.2 Å². The summed E-state index contributed by atoms with van der Waals surface area (Å²) in [6.07, 6.45) is 8.20. The van der Waals surface area contributed by atoms with E-state index in [0.29, 0.717) is 13.2 Å². The third kappa shape index (κ3) is 9.98. The van der Waals surface area contributed by atoms with Crippen LogP contribution in [0.5, 0.6) is 0 Å². The van der Waals surface area contributed by atoms with Gasteiger partial charge in [-0.15, -0.1) is 0 Å². The molecule has 0 unspecified atom stereocenters. The van der Waals surface area contributed by atoms with Crippen LogP contribution in [-0.4, -0.2) is 39.5 Å². The minimum Gasteiger partial charge on any atom is -0.466 e. The first-order valence-corrected chi connectivity index (χ1v) is 15.0. The van der Waals surface area contributed by atoms with Crippen LogP contribution in [0.1, 0.15) is 45.1 Å². The fourth-order valence-electron chi connectivity index (χ4n) is 3.81. The lowest BCUT2D eigenvalue weighted by atomic mass is 10.0. The lowest BCUT2D eigenvalue weighted by Gasteiger charge is -2.18. The van der Waals surface area contributed by atoms with E-state index in [0.717, 1.165) is 31.7 Å².